The first kappa shape index (κ1) is 16.2. The lowest BCUT2D eigenvalue weighted by Crippen LogP contribution is -2.23. The second-order valence-electron chi connectivity index (χ2n) is 6.62. The molecule has 0 aliphatic heterocycles. The van der Waals surface area contributed by atoms with Gasteiger partial charge in [0.25, 0.3) is 0 Å². The highest BCUT2D eigenvalue weighted by Crippen LogP contribution is 2.29. The van der Waals surface area contributed by atoms with Crippen LogP contribution in [0.4, 0.5) is 5.82 Å². The van der Waals surface area contributed by atoms with Gasteiger partial charge in [0.15, 0.2) is 11.5 Å². The third-order valence-electron chi connectivity index (χ3n) is 3.84. The molecule has 0 bridgehead atoms. The van der Waals surface area contributed by atoms with E-state index < -0.39 is 0 Å². The molecule has 0 saturated carbocycles. The Morgan fingerprint density at radius 3 is 2.46 bits per heavy atom. The van der Waals surface area contributed by atoms with E-state index in [1.165, 1.54) is 6.33 Å². The van der Waals surface area contributed by atoms with E-state index in [0.717, 1.165) is 28.0 Å². The van der Waals surface area contributed by atoms with Crippen LogP contribution in [0.15, 0.2) is 30.6 Å². The summed E-state index contributed by atoms with van der Waals surface area (Å²) in [4.78, 5) is 8.65. The van der Waals surface area contributed by atoms with E-state index in [9.17, 15) is 0 Å². The summed E-state index contributed by atoms with van der Waals surface area (Å²) in [6, 6.07) is 7.94. The zero-order valence-corrected chi connectivity index (χ0v) is 14.4. The van der Waals surface area contributed by atoms with Crippen LogP contribution < -0.4 is 16.0 Å². The van der Waals surface area contributed by atoms with Crippen LogP contribution in [0, 0.1) is 0 Å². The van der Waals surface area contributed by atoms with Gasteiger partial charge < -0.3 is 10.2 Å². The summed E-state index contributed by atoms with van der Waals surface area (Å²) in [6.07, 6.45) is 2.16. The van der Waals surface area contributed by atoms with Gasteiger partial charge in [-0.3, -0.25) is 0 Å². The molecule has 3 aromatic rings. The number of nitrogens with two attached hydrogens (primary N) is 1. The normalized spacial score (nSPS) is 11.7. The number of nitrogens with one attached hydrogen (secondary N) is 1. The number of nitrogen functional groups attached to an aromatic ring is 1. The van der Waals surface area contributed by atoms with Crippen LogP contribution in [0.2, 0.25) is 0 Å². The van der Waals surface area contributed by atoms with Crippen molar-refractivity contribution < 1.29 is 4.74 Å². The Bertz CT molecular complexity index is 848. The molecule has 2 heterocycles. The summed E-state index contributed by atoms with van der Waals surface area (Å²) in [6.45, 7) is 6.27. The van der Waals surface area contributed by atoms with E-state index >= 15 is 0 Å². The molecule has 0 saturated heterocycles. The number of benzene rings is 1. The maximum Gasteiger partial charge on any atom is 0.164 e. The molecule has 0 spiro atoms. The number of hydrogen-bond donors (Lipinski definition) is 2. The van der Waals surface area contributed by atoms with E-state index in [2.05, 4.69) is 36.2 Å². The molecule has 126 valence electrons. The Hall–Kier alpha value is -2.67. The first-order chi connectivity index (χ1) is 11.4. The third-order valence-corrected chi connectivity index (χ3v) is 3.84. The minimum absolute atomic E-state index is 0.198. The maximum absolute atomic E-state index is 5.64. The smallest absolute Gasteiger partial charge is 0.164 e. The van der Waals surface area contributed by atoms with E-state index in [-0.39, 0.29) is 5.54 Å². The number of methoxy groups -OCH3 is 1. The first-order valence-corrected chi connectivity index (χ1v) is 7.76. The molecule has 2 aromatic heterocycles. The fraction of sp³-hybridized carbons (Fsp3) is 0.353. The molecule has 7 heteroatoms. The van der Waals surface area contributed by atoms with Crippen molar-refractivity contribution in [1.82, 2.24) is 19.7 Å². The lowest BCUT2D eigenvalue weighted by molar-refractivity contribution is 0.363. The van der Waals surface area contributed by atoms with Crippen LogP contribution in [0.3, 0.4) is 0 Å². The molecule has 0 fully saturated rings. The zero-order valence-electron chi connectivity index (χ0n) is 14.4. The predicted molar refractivity (Wildman–Crippen MR) is 93.9 cm³/mol. The van der Waals surface area contributed by atoms with Gasteiger partial charge in [0.05, 0.1) is 23.7 Å². The lowest BCUT2D eigenvalue weighted by Gasteiger charge is -2.19. The van der Waals surface area contributed by atoms with E-state index in [0.29, 0.717) is 12.2 Å². The largest absolute Gasteiger partial charge is 0.497 e. The van der Waals surface area contributed by atoms with Gasteiger partial charge in [-0.25, -0.2) is 20.5 Å². The number of fused-ring (bicyclic) bond motifs is 1. The van der Waals surface area contributed by atoms with Gasteiger partial charge in [0, 0.05) is 6.42 Å². The van der Waals surface area contributed by atoms with Crippen molar-refractivity contribution in [2.24, 2.45) is 5.84 Å². The Kier molecular flexibility index (Phi) is 4.11. The number of nitrogens with zero attached hydrogens (tertiary/aromatic N) is 4. The molecular weight excluding hydrogens is 304 g/mol. The van der Waals surface area contributed by atoms with E-state index in [1.54, 1.807) is 7.11 Å². The number of aromatic nitrogens is 4. The summed E-state index contributed by atoms with van der Waals surface area (Å²) in [5.41, 5.74) is 5.24. The number of ether oxygens (including phenoxy) is 1. The molecule has 0 unspecified atom stereocenters. The van der Waals surface area contributed by atoms with Crippen LogP contribution in [0.1, 0.15) is 32.0 Å². The van der Waals surface area contributed by atoms with Crippen molar-refractivity contribution in [3.8, 4) is 5.75 Å². The van der Waals surface area contributed by atoms with Crippen molar-refractivity contribution in [3.05, 3.63) is 41.9 Å². The fourth-order valence-electron chi connectivity index (χ4n) is 2.66. The van der Waals surface area contributed by atoms with Gasteiger partial charge in [-0.1, -0.05) is 12.1 Å². The van der Waals surface area contributed by atoms with Crippen molar-refractivity contribution in [2.45, 2.75) is 32.7 Å². The standard InChI is InChI=1S/C17H22N6O/c1-17(2,3)23-16-14(15(21-18)19-10-20-16)13(22-23)9-11-5-7-12(24-4)8-6-11/h5-8,10H,9,18H2,1-4H3,(H,19,20,21). The topological polar surface area (TPSA) is 90.9 Å². The van der Waals surface area contributed by atoms with Crippen molar-refractivity contribution in [3.63, 3.8) is 0 Å². The number of anilines is 1. The summed E-state index contributed by atoms with van der Waals surface area (Å²) in [5.74, 6) is 7.05. The SMILES string of the molecule is COc1ccc(Cc2nn(C(C)(C)C)c3ncnc(NN)c23)cc1. The summed E-state index contributed by atoms with van der Waals surface area (Å²) < 4.78 is 7.13. The van der Waals surface area contributed by atoms with E-state index in [4.69, 9.17) is 15.7 Å². The second kappa shape index (κ2) is 6.09. The van der Waals surface area contributed by atoms with Gasteiger partial charge in [0.2, 0.25) is 0 Å². The molecule has 3 rings (SSSR count). The second-order valence-corrected chi connectivity index (χ2v) is 6.62. The molecule has 0 radical (unpaired) electrons. The third kappa shape index (κ3) is 2.90. The van der Waals surface area contributed by atoms with Gasteiger partial charge in [-0.15, -0.1) is 0 Å². The summed E-state index contributed by atoms with van der Waals surface area (Å²) in [7, 11) is 1.66. The van der Waals surface area contributed by atoms with Crippen molar-refractivity contribution >= 4 is 16.9 Å². The molecule has 1 aromatic carbocycles. The minimum Gasteiger partial charge on any atom is -0.497 e. The highest BCUT2D eigenvalue weighted by Gasteiger charge is 2.23. The van der Waals surface area contributed by atoms with Gasteiger partial charge in [-0.2, -0.15) is 5.10 Å². The summed E-state index contributed by atoms with van der Waals surface area (Å²) in [5, 5.41) is 5.65. The van der Waals surface area contributed by atoms with Crippen LogP contribution in [0.25, 0.3) is 11.0 Å². The Labute approximate surface area is 140 Å². The van der Waals surface area contributed by atoms with E-state index in [1.807, 2.05) is 28.9 Å². The molecule has 24 heavy (non-hydrogen) atoms. The van der Waals surface area contributed by atoms with Crippen LogP contribution in [-0.4, -0.2) is 26.9 Å². The molecule has 0 aliphatic carbocycles. The Balaban J connectivity index is 2.12. The van der Waals surface area contributed by atoms with Crippen molar-refractivity contribution in [1.29, 1.82) is 0 Å². The lowest BCUT2D eigenvalue weighted by atomic mass is 10.1. The zero-order chi connectivity index (χ0) is 17.3. The molecule has 7 nitrogen and oxygen atoms in total. The first-order valence-electron chi connectivity index (χ1n) is 7.76. The highest BCUT2D eigenvalue weighted by atomic mass is 16.5. The quantitative estimate of drug-likeness (QED) is 0.565. The molecule has 0 atom stereocenters. The van der Waals surface area contributed by atoms with Crippen molar-refractivity contribution in [2.75, 3.05) is 12.5 Å². The van der Waals surface area contributed by atoms with Crippen LogP contribution >= 0.6 is 0 Å². The minimum atomic E-state index is -0.198. The molecule has 0 aliphatic rings. The van der Waals surface area contributed by atoms with Gasteiger partial charge in [-0.05, 0) is 38.5 Å². The maximum atomic E-state index is 5.64. The average molecular weight is 326 g/mol. The Morgan fingerprint density at radius 2 is 1.88 bits per heavy atom. The predicted octanol–water partition coefficient (Wildman–Crippen LogP) is 2.47. The fourth-order valence-corrected chi connectivity index (χ4v) is 2.66. The van der Waals surface area contributed by atoms with Gasteiger partial charge >= 0.3 is 0 Å². The monoisotopic (exact) mass is 326 g/mol. The summed E-state index contributed by atoms with van der Waals surface area (Å²) >= 11 is 0. The highest BCUT2D eigenvalue weighted by molar-refractivity contribution is 5.89. The van der Waals surface area contributed by atoms with Crippen LogP contribution in [0.5, 0.6) is 5.75 Å². The number of hydrazine groups is 1. The molecule has 3 N–H and O–H groups in total. The Morgan fingerprint density at radius 1 is 1.17 bits per heavy atom. The average Bonchev–Trinajstić information content (AvgIpc) is 2.94. The molecule has 0 amide bonds. The number of rotatable bonds is 4. The number of hydrogen-bond acceptors (Lipinski definition) is 6. The van der Waals surface area contributed by atoms with Gasteiger partial charge in [0.1, 0.15) is 12.1 Å². The van der Waals surface area contributed by atoms with Crippen LogP contribution in [-0.2, 0) is 12.0 Å². The molecular formula is C17H22N6O.